The van der Waals surface area contributed by atoms with Gasteiger partial charge < -0.3 is 0 Å². The van der Waals surface area contributed by atoms with Gasteiger partial charge in [-0.15, -0.1) is 0 Å². The average molecular weight is 581 g/mol. The molecule has 216 valence electrons. The second-order valence-electron chi connectivity index (χ2n) is 11.4. The van der Waals surface area contributed by atoms with Crippen LogP contribution in [0.5, 0.6) is 0 Å². The first-order valence-corrected chi connectivity index (χ1v) is 15.5. The van der Waals surface area contributed by atoms with Crippen LogP contribution in [-0.2, 0) is 12.8 Å². The van der Waals surface area contributed by atoms with Crippen molar-refractivity contribution in [1.82, 2.24) is 0 Å². The van der Waals surface area contributed by atoms with E-state index in [1.165, 1.54) is 33.4 Å². The average Bonchev–Trinajstić information content (AvgIpc) is 3.10. The number of halogens is 1. The molecule has 0 saturated carbocycles. The molecule has 0 amide bonds. The lowest BCUT2D eigenvalue weighted by Gasteiger charge is -2.18. The molecule has 0 atom stereocenters. The van der Waals surface area contributed by atoms with Gasteiger partial charge in [0.1, 0.15) is 5.82 Å². The highest BCUT2D eigenvalue weighted by molar-refractivity contribution is 5.80. The van der Waals surface area contributed by atoms with Gasteiger partial charge in [-0.3, -0.25) is 0 Å². The molecule has 0 nitrogen and oxygen atoms in total. The van der Waals surface area contributed by atoms with Gasteiger partial charge in [0.05, 0.1) is 0 Å². The molecule has 0 N–H and O–H groups in total. The van der Waals surface area contributed by atoms with E-state index < -0.39 is 0 Å². The van der Waals surface area contributed by atoms with Crippen molar-refractivity contribution >= 4 is 0 Å². The first kappa shape index (κ1) is 28.3. The van der Waals surface area contributed by atoms with Crippen LogP contribution >= 0.6 is 0 Å². The topological polar surface area (TPSA) is 0 Å². The highest BCUT2D eigenvalue weighted by Gasteiger charge is 2.16. The lowest BCUT2D eigenvalue weighted by molar-refractivity contribution is 0.624. The molecule has 0 bridgehead atoms. The van der Waals surface area contributed by atoms with Crippen LogP contribution in [0.4, 0.5) is 4.39 Å². The van der Waals surface area contributed by atoms with Crippen LogP contribution in [0.3, 0.4) is 0 Å². The lowest BCUT2D eigenvalue weighted by atomic mass is 9.86. The number of rotatable bonds is 8. The van der Waals surface area contributed by atoms with Crippen LogP contribution < -0.4 is 0 Å². The minimum absolute atomic E-state index is 0.209. The van der Waals surface area contributed by atoms with Gasteiger partial charge in [-0.05, 0) is 91.7 Å². The standard InChI is InChI=1S/C44H33F/c45-38-28-32(30-43-39(34-15-5-1-6-16-34)23-13-24-40(43)35-17-7-2-8-18-35)27-33(29-38)31-44-41(36-19-9-3-10-20-36)25-14-26-42(44)37-21-11-4-12-22-37/h1-29H,30-31H2. The molecule has 0 aliphatic carbocycles. The van der Waals surface area contributed by atoms with Gasteiger partial charge in [-0.1, -0.05) is 164 Å². The molecule has 0 fully saturated rings. The van der Waals surface area contributed by atoms with Gasteiger partial charge in [0.15, 0.2) is 0 Å². The van der Waals surface area contributed by atoms with E-state index in [1.54, 1.807) is 12.1 Å². The Morgan fingerprint density at radius 1 is 0.311 bits per heavy atom. The van der Waals surface area contributed by atoms with Crippen molar-refractivity contribution in [3.8, 4) is 44.5 Å². The minimum Gasteiger partial charge on any atom is -0.207 e. The van der Waals surface area contributed by atoms with Crippen molar-refractivity contribution in [2.45, 2.75) is 12.8 Å². The summed E-state index contributed by atoms with van der Waals surface area (Å²) in [6.45, 7) is 0. The number of benzene rings is 7. The van der Waals surface area contributed by atoms with E-state index in [1.807, 2.05) is 24.3 Å². The fraction of sp³-hybridized carbons (Fsp3) is 0.0455. The van der Waals surface area contributed by atoms with E-state index >= 15 is 4.39 Å². The summed E-state index contributed by atoms with van der Waals surface area (Å²) in [5.74, 6) is -0.209. The second kappa shape index (κ2) is 13.0. The fourth-order valence-electron chi connectivity index (χ4n) is 6.44. The minimum atomic E-state index is -0.209. The highest BCUT2D eigenvalue weighted by Crippen LogP contribution is 2.37. The van der Waals surface area contributed by atoms with Gasteiger partial charge >= 0.3 is 0 Å². The Morgan fingerprint density at radius 2 is 0.600 bits per heavy atom. The Labute approximate surface area is 265 Å². The zero-order valence-corrected chi connectivity index (χ0v) is 25.0. The lowest BCUT2D eigenvalue weighted by Crippen LogP contribution is -2.01. The van der Waals surface area contributed by atoms with Crippen LogP contribution in [0.2, 0.25) is 0 Å². The Hall–Kier alpha value is -5.53. The van der Waals surface area contributed by atoms with Crippen LogP contribution in [-0.4, -0.2) is 0 Å². The van der Waals surface area contributed by atoms with Crippen molar-refractivity contribution in [3.63, 3.8) is 0 Å². The van der Waals surface area contributed by atoms with E-state index in [0.29, 0.717) is 12.8 Å². The van der Waals surface area contributed by atoms with Crippen LogP contribution in [0.25, 0.3) is 44.5 Å². The number of hydrogen-bond acceptors (Lipinski definition) is 0. The van der Waals surface area contributed by atoms with Crippen molar-refractivity contribution in [2.75, 3.05) is 0 Å². The van der Waals surface area contributed by atoms with Crippen LogP contribution in [0.15, 0.2) is 176 Å². The van der Waals surface area contributed by atoms with Crippen molar-refractivity contribution < 1.29 is 4.39 Å². The third kappa shape index (κ3) is 6.25. The Kier molecular flexibility index (Phi) is 8.16. The molecule has 0 aliphatic rings. The Bertz CT molecular complexity index is 1770. The van der Waals surface area contributed by atoms with E-state index in [0.717, 1.165) is 33.4 Å². The van der Waals surface area contributed by atoms with Gasteiger partial charge in [-0.25, -0.2) is 4.39 Å². The Balaban J connectivity index is 1.33. The zero-order valence-electron chi connectivity index (χ0n) is 25.0. The number of hydrogen-bond donors (Lipinski definition) is 0. The quantitative estimate of drug-likeness (QED) is 0.168. The molecule has 45 heavy (non-hydrogen) atoms. The summed E-state index contributed by atoms with van der Waals surface area (Å²) in [4.78, 5) is 0. The molecule has 0 aromatic heterocycles. The molecule has 7 aromatic rings. The molecular weight excluding hydrogens is 547 g/mol. The summed E-state index contributed by atoms with van der Waals surface area (Å²) in [5.41, 5.74) is 13.6. The maximum atomic E-state index is 15.5. The largest absolute Gasteiger partial charge is 0.207 e. The summed E-state index contributed by atoms with van der Waals surface area (Å²) in [6, 6.07) is 60.5. The van der Waals surface area contributed by atoms with E-state index in [-0.39, 0.29) is 5.82 Å². The summed E-state index contributed by atoms with van der Waals surface area (Å²) in [7, 11) is 0. The zero-order chi connectivity index (χ0) is 30.4. The maximum Gasteiger partial charge on any atom is 0.123 e. The van der Waals surface area contributed by atoms with Crippen molar-refractivity contribution in [1.29, 1.82) is 0 Å². The second-order valence-corrected chi connectivity index (χ2v) is 11.4. The Morgan fingerprint density at radius 3 is 0.889 bits per heavy atom. The monoisotopic (exact) mass is 580 g/mol. The third-order valence-electron chi connectivity index (χ3n) is 8.47. The molecule has 7 aromatic carbocycles. The molecule has 0 spiro atoms. The predicted molar refractivity (Wildman–Crippen MR) is 187 cm³/mol. The summed E-state index contributed by atoms with van der Waals surface area (Å²) in [5, 5.41) is 0. The van der Waals surface area contributed by atoms with Crippen LogP contribution in [0, 0.1) is 5.82 Å². The smallest absolute Gasteiger partial charge is 0.123 e. The molecule has 0 unspecified atom stereocenters. The molecule has 0 aliphatic heterocycles. The van der Waals surface area contributed by atoms with E-state index in [2.05, 4.69) is 140 Å². The van der Waals surface area contributed by atoms with Gasteiger partial charge in [0.2, 0.25) is 0 Å². The molecule has 1 heteroatoms. The molecule has 0 radical (unpaired) electrons. The molecule has 0 saturated heterocycles. The molecule has 0 heterocycles. The first-order chi connectivity index (χ1) is 22.2. The summed E-state index contributed by atoms with van der Waals surface area (Å²) < 4.78 is 15.5. The molecule has 7 rings (SSSR count). The van der Waals surface area contributed by atoms with E-state index in [9.17, 15) is 0 Å². The highest BCUT2D eigenvalue weighted by atomic mass is 19.1. The van der Waals surface area contributed by atoms with Gasteiger partial charge in [0.25, 0.3) is 0 Å². The summed E-state index contributed by atoms with van der Waals surface area (Å²) in [6.07, 6.45) is 1.23. The third-order valence-corrected chi connectivity index (χ3v) is 8.47. The maximum absolute atomic E-state index is 15.5. The SMILES string of the molecule is Fc1cc(Cc2c(-c3ccccc3)cccc2-c2ccccc2)cc(Cc2c(-c3ccccc3)cccc2-c2ccccc2)c1. The van der Waals surface area contributed by atoms with Gasteiger partial charge in [0, 0.05) is 0 Å². The van der Waals surface area contributed by atoms with Crippen molar-refractivity contribution in [3.05, 3.63) is 204 Å². The normalized spacial score (nSPS) is 11.0. The van der Waals surface area contributed by atoms with Crippen LogP contribution in [0.1, 0.15) is 22.3 Å². The fourth-order valence-corrected chi connectivity index (χ4v) is 6.44. The molecular formula is C44H33F. The van der Waals surface area contributed by atoms with Gasteiger partial charge in [-0.2, -0.15) is 0 Å². The predicted octanol–water partition coefficient (Wildman–Crippen LogP) is 11.7. The van der Waals surface area contributed by atoms with Crippen molar-refractivity contribution in [2.24, 2.45) is 0 Å². The summed E-state index contributed by atoms with van der Waals surface area (Å²) >= 11 is 0. The first-order valence-electron chi connectivity index (χ1n) is 15.5. The van der Waals surface area contributed by atoms with E-state index in [4.69, 9.17) is 0 Å².